The lowest BCUT2D eigenvalue weighted by atomic mass is 9.94. The molecule has 1 atom stereocenters. The number of carbonyl (C=O) groups is 1. The number of nitrogens with zero attached hydrogens (tertiary/aromatic N) is 3. The number of nitrogens with one attached hydrogen (secondary N) is 2. The Morgan fingerprint density at radius 1 is 1.11 bits per heavy atom. The molecule has 1 aromatic heterocycles. The third-order valence-corrected chi connectivity index (χ3v) is 7.12. The standard InChI is InChI=1S/C27H23ClFN5OS/c1-16-8-7-10-19(14-16)31-25(35)23-17(2)30-26-32-27(36-15-18-9-3-5-12-21(18)28)33-34(26)24(23)20-11-4-6-13-22(20)29/h3-14,24H,15H2,1-2H3,(H,31,35)(H,30,32,33). The minimum Gasteiger partial charge on any atom is -0.328 e. The maximum absolute atomic E-state index is 15.1. The Balaban J connectivity index is 1.51. The number of aromatic nitrogens is 3. The van der Waals surface area contributed by atoms with Gasteiger partial charge in [-0.05, 0) is 49.2 Å². The number of allylic oxidation sites excluding steroid dienone is 1. The summed E-state index contributed by atoms with van der Waals surface area (Å²) in [5.41, 5.74) is 3.92. The first-order valence-corrected chi connectivity index (χ1v) is 12.7. The summed E-state index contributed by atoms with van der Waals surface area (Å²) in [6, 6.07) is 20.7. The molecule has 0 saturated heterocycles. The third-order valence-electron chi connectivity index (χ3n) is 5.87. The van der Waals surface area contributed by atoms with Crippen LogP contribution < -0.4 is 10.6 Å². The summed E-state index contributed by atoms with van der Waals surface area (Å²) >= 11 is 7.71. The summed E-state index contributed by atoms with van der Waals surface area (Å²) in [5.74, 6) is 0.241. The van der Waals surface area contributed by atoms with Gasteiger partial charge in [-0.2, -0.15) is 4.98 Å². The van der Waals surface area contributed by atoms with Crippen molar-refractivity contribution in [2.24, 2.45) is 0 Å². The van der Waals surface area contributed by atoms with Gasteiger partial charge in [0.1, 0.15) is 11.9 Å². The summed E-state index contributed by atoms with van der Waals surface area (Å²) < 4.78 is 16.7. The van der Waals surface area contributed by atoms with Crippen molar-refractivity contribution in [1.82, 2.24) is 14.8 Å². The molecule has 0 bridgehead atoms. The number of halogens is 2. The lowest BCUT2D eigenvalue weighted by molar-refractivity contribution is -0.113. The Labute approximate surface area is 217 Å². The smallest absolute Gasteiger partial charge is 0.255 e. The van der Waals surface area contributed by atoms with Gasteiger partial charge in [-0.3, -0.25) is 4.79 Å². The van der Waals surface area contributed by atoms with E-state index in [1.807, 2.05) is 55.5 Å². The Morgan fingerprint density at radius 3 is 2.67 bits per heavy atom. The molecule has 2 N–H and O–H groups in total. The first kappa shape index (κ1) is 24.1. The molecule has 1 unspecified atom stereocenters. The maximum atomic E-state index is 15.1. The highest BCUT2D eigenvalue weighted by molar-refractivity contribution is 7.98. The number of fused-ring (bicyclic) bond motifs is 1. The fourth-order valence-electron chi connectivity index (χ4n) is 4.15. The van der Waals surface area contributed by atoms with Crippen molar-refractivity contribution in [1.29, 1.82) is 0 Å². The molecule has 0 radical (unpaired) electrons. The average Bonchev–Trinajstić information content (AvgIpc) is 3.25. The van der Waals surface area contributed by atoms with Gasteiger partial charge in [0, 0.05) is 27.7 Å². The van der Waals surface area contributed by atoms with Crippen molar-refractivity contribution in [3.05, 3.63) is 112 Å². The monoisotopic (exact) mass is 519 g/mol. The predicted molar refractivity (Wildman–Crippen MR) is 142 cm³/mol. The number of anilines is 2. The summed E-state index contributed by atoms with van der Waals surface area (Å²) in [6.07, 6.45) is 0. The van der Waals surface area contributed by atoms with Crippen molar-refractivity contribution in [3.63, 3.8) is 0 Å². The molecule has 6 nitrogen and oxygen atoms in total. The zero-order chi connectivity index (χ0) is 25.2. The normalized spacial score (nSPS) is 14.8. The van der Waals surface area contributed by atoms with Crippen LogP contribution in [0.2, 0.25) is 5.02 Å². The van der Waals surface area contributed by atoms with E-state index in [0.717, 1.165) is 11.1 Å². The van der Waals surface area contributed by atoms with E-state index in [1.165, 1.54) is 17.8 Å². The molecule has 36 heavy (non-hydrogen) atoms. The second-order valence-corrected chi connectivity index (χ2v) is 9.80. The van der Waals surface area contributed by atoms with E-state index in [1.54, 1.807) is 29.8 Å². The molecule has 4 aromatic rings. The Hall–Kier alpha value is -3.62. The van der Waals surface area contributed by atoms with Gasteiger partial charge in [0.25, 0.3) is 5.91 Å². The summed E-state index contributed by atoms with van der Waals surface area (Å²) in [4.78, 5) is 18.1. The van der Waals surface area contributed by atoms with E-state index >= 15 is 4.39 Å². The van der Waals surface area contributed by atoms with E-state index in [0.29, 0.717) is 44.4 Å². The number of hydrogen-bond donors (Lipinski definition) is 2. The van der Waals surface area contributed by atoms with Gasteiger partial charge in [0.2, 0.25) is 11.1 Å². The van der Waals surface area contributed by atoms with Crippen LogP contribution in [0.4, 0.5) is 16.0 Å². The highest BCUT2D eigenvalue weighted by Crippen LogP contribution is 2.38. The number of benzene rings is 3. The van der Waals surface area contributed by atoms with Crippen LogP contribution in [0, 0.1) is 12.7 Å². The van der Waals surface area contributed by atoms with Crippen LogP contribution in [-0.4, -0.2) is 20.7 Å². The quantitative estimate of drug-likeness (QED) is 0.281. The number of hydrogen-bond acceptors (Lipinski definition) is 5. The zero-order valence-corrected chi connectivity index (χ0v) is 21.2. The fourth-order valence-corrected chi connectivity index (χ4v) is 5.26. The van der Waals surface area contributed by atoms with Gasteiger partial charge in [-0.1, -0.05) is 71.9 Å². The summed E-state index contributed by atoms with van der Waals surface area (Å²) in [7, 11) is 0. The number of aryl methyl sites for hydroxylation is 1. The highest BCUT2D eigenvalue weighted by atomic mass is 35.5. The lowest BCUT2D eigenvalue weighted by Crippen LogP contribution is -2.32. The molecule has 0 saturated carbocycles. The predicted octanol–water partition coefficient (Wildman–Crippen LogP) is 6.60. The average molecular weight is 520 g/mol. The largest absolute Gasteiger partial charge is 0.328 e. The molecule has 9 heteroatoms. The van der Waals surface area contributed by atoms with Crippen molar-refractivity contribution < 1.29 is 9.18 Å². The van der Waals surface area contributed by atoms with Gasteiger partial charge in [0.05, 0.1) is 5.57 Å². The van der Waals surface area contributed by atoms with Gasteiger partial charge in [0.15, 0.2) is 0 Å². The van der Waals surface area contributed by atoms with Gasteiger partial charge in [-0.15, -0.1) is 5.10 Å². The van der Waals surface area contributed by atoms with Crippen molar-refractivity contribution >= 4 is 40.9 Å². The van der Waals surface area contributed by atoms with Crippen LogP contribution in [0.3, 0.4) is 0 Å². The molecule has 1 amide bonds. The number of carbonyl (C=O) groups excluding carboxylic acids is 1. The van der Waals surface area contributed by atoms with E-state index in [-0.39, 0.29) is 5.91 Å². The molecular formula is C27H23ClFN5OS. The van der Waals surface area contributed by atoms with Gasteiger partial charge in [-0.25, -0.2) is 9.07 Å². The van der Waals surface area contributed by atoms with Crippen LogP contribution in [-0.2, 0) is 10.5 Å². The fraction of sp³-hybridized carbons (Fsp3) is 0.148. The minimum atomic E-state index is -0.797. The number of amides is 1. The van der Waals surface area contributed by atoms with Crippen molar-refractivity contribution in [3.8, 4) is 0 Å². The van der Waals surface area contributed by atoms with Crippen LogP contribution in [0.25, 0.3) is 0 Å². The molecule has 1 aliphatic heterocycles. The van der Waals surface area contributed by atoms with E-state index in [4.69, 9.17) is 11.6 Å². The Kier molecular flexibility index (Phi) is 6.80. The molecule has 182 valence electrons. The zero-order valence-electron chi connectivity index (χ0n) is 19.6. The molecule has 1 aliphatic rings. The molecule has 3 aromatic carbocycles. The van der Waals surface area contributed by atoms with Gasteiger partial charge >= 0.3 is 0 Å². The summed E-state index contributed by atoms with van der Waals surface area (Å²) in [6.45, 7) is 3.74. The van der Waals surface area contributed by atoms with E-state index in [2.05, 4.69) is 20.7 Å². The van der Waals surface area contributed by atoms with E-state index < -0.39 is 11.9 Å². The van der Waals surface area contributed by atoms with Crippen LogP contribution >= 0.6 is 23.4 Å². The summed E-state index contributed by atoms with van der Waals surface area (Å²) in [5, 5.41) is 12.0. The second kappa shape index (κ2) is 10.2. The highest BCUT2D eigenvalue weighted by Gasteiger charge is 2.35. The third kappa shape index (κ3) is 4.87. The Bertz CT molecular complexity index is 1480. The second-order valence-electron chi connectivity index (χ2n) is 8.45. The lowest BCUT2D eigenvalue weighted by Gasteiger charge is -2.28. The van der Waals surface area contributed by atoms with Gasteiger partial charge < -0.3 is 10.6 Å². The SMILES string of the molecule is CC1=C(C(=O)Nc2cccc(C)c2)C(c2ccccc2F)n2nc(SCc3ccccc3Cl)nc2N1. The first-order chi connectivity index (χ1) is 17.4. The molecule has 5 rings (SSSR count). The topological polar surface area (TPSA) is 71.8 Å². The van der Waals surface area contributed by atoms with E-state index in [9.17, 15) is 4.79 Å². The molecule has 0 spiro atoms. The Morgan fingerprint density at radius 2 is 1.89 bits per heavy atom. The number of rotatable bonds is 6. The number of thioether (sulfide) groups is 1. The minimum absolute atomic E-state index is 0.335. The molecule has 2 heterocycles. The first-order valence-electron chi connectivity index (χ1n) is 11.3. The molecular weight excluding hydrogens is 497 g/mol. The van der Waals surface area contributed by atoms with Crippen molar-refractivity contribution in [2.75, 3.05) is 10.6 Å². The van der Waals surface area contributed by atoms with Crippen LogP contribution in [0.5, 0.6) is 0 Å². The maximum Gasteiger partial charge on any atom is 0.255 e. The molecule has 0 fully saturated rings. The molecule has 0 aliphatic carbocycles. The van der Waals surface area contributed by atoms with Crippen LogP contribution in [0.1, 0.15) is 29.7 Å². The van der Waals surface area contributed by atoms with Crippen LogP contribution in [0.15, 0.2) is 89.2 Å². The van der Waals surface area contributed by atoms with Crippen molar-refractivity contribution in [2.45, 2.75) is 30.8 Å².